The predicted molar refractivity (Wildman–Crippen MR) is 86.9 cm³/mol. The van der Waals surface area contributed by atoms with Gasteiger partial charge in [-0.3, -0.25) is 9.48 Å². The maximum atomic E-state index is 12.1. The lowest BCUT2D eigenvalue weighted by Crippen LogP contribution is -2.27. The number of hydrogen-bond donors (Lipinski definition) is 0. The summed E-state index contributed by atoms with van der Waals surface area (Å²) >= 11 is 13.4. The molecule has 1 aromatic carbocycles. The van der Waals surface area contributed by atoms with E-state index in [0.717, 1.165) is 10.5 Å². The minimum absolute atomic E-state index is 0.0277. The highest BCUT2D eigenvalue weighted by Crippen LogP contribution is 2.29. The van der Waals surface area contributed by atoms with Gasteiger partial charge >= 0.3 is 0 Å². The van der Waals surface area contributed by atoms with Crippen LogP contribution in [-0.4, -0.2) is 33.4 Å². The van der Waals surface area contributed by atoms with Gasteiger partial charge in [0.15, 0.2) is 0 Å². The molecule has 0 fully saturated rings. The maximum Gasteiger partial charge on any atom is 0.232 e. The van der Waals surface area contributed by atoms with E-state index in [1.54, 1.807) is 41.0 Å². The van der Waals surface area contributed by atoms with Gasteiger partial charge in [-0.25, -0.2) is 0 Å². The van der Waals surface area contributed by atoms with Crippen molar-refractivity contribution in [2.75, 3.05) is 12.8 Å². The van der Waals surface area contributed by atoms with Crippen LogP contribution in [0.25, 0.3) is 0 Å². The highest BCUT2D eigenvalue weighted by Gasteiger charge is 2.12. The second kappa shape index (κ2) is 7.20. The Morgan fingerprint density at radius 2 is 2.19 bits per heavy atom. The Morgan fingerprint density at radius 3 is 2.86 bits per heavy atom. The second-order valence-electron chi connectivity index (χ2n) is 4.64. The van der Waals surface area contributed by atoms with Gasteiger partial charge in [0.25, 0.3) is 0 Å². The van der Waals surface area contributed by atoms with Gasteiger partial charge in [0, 0.05) is 42.3 Å². The molecule has 0 aliphatic rings. The summed E-state index contributed by atoms with van der Waals surface area (Å²) in [5.41, 5.74) is 0.999. The van der Waals surface area contributed by atoms with Crippen LogP contribution >= 0.6 is 35.0 Å². The fraction of sp³-hybridized carbons (Fsp3) is 0.286. The van der Waals surface area contributed by atoms with Gasteiger partial charge in [-0.1, -0.05) is 23.2 Å². The molecule has 1 amide bonds. The Balaban J connectivity index is 1.90. The highest BCUT2D eigenvalue weighted by atomic mass is 35.5. The van der Waals surface area contributed by atoms with Gasteiger partial charge in [-0.05, 0) is 18.2 Å². The lowest BCUT2D eigenvalue weighted by molar-refractivity contribution is -0.127. The van der Waals surface area contributed by atoms with Gasteiger partial charge < -0.3 is 4.90 Å². The van der Waals surface area contributed by atoms with Crippen molar-refractivity contribution in [3.63, 3.8) is 0 Å². The lowest BCUT2D eigenvalue weighted by atomic mass is 10.3. The molecule has 0 N–H and O–H groups in total. The molecule has 0 unspecified atom stereocenters. The second-order valence-corrected chi connectivity index (χ2v) is 6.50. The minimum Gasteiger partial charge on any atom is -0.341 e. The molecule has 2 rings (SSSR count). The van der Waals surface area contributed by atoms with Crippen molar-refractivity contribution in [3.05, 3.63) is 46.2 Å². The standard InChI is InChI=1S/C14H15Cl2N3OS/c1-18(7-10-6-17-19(2)8-10)14(20)9-21-13-5-11(15)3-4-12(13)16/h3-6,8H,7,9H2,1-2H3. The topological polar surface area (TPSA) is 38.1 Å². The quantitative estimate of drug-likeness (QED) is 0.780. The molecule has 2 aromatic rings. The van der Waals surface area contributed by atoms with E-state index in [4.69, 9.17) is 23.2 Å². The van der Waals surface area contributed by atoms with Gasteiger partial charge in [-0.15, -0.1) is 11.8 Å². The number of halogens is 2. The third-order valence-corrected chi connectivity index (χ3v) is 4.57. The zero-order valence-corrected chi connectivity index (χ0v) is 14.0. The minimum atomic E-state index is 0.0277. The Morgan fingerprint density at radius 1 is 1.43 bits per heavy atom. The Bertz CT molecular complexity index is 645. The van der Waals surface area contributed by atoms with Crippen LogP contribution in [0.2, 0.25) is 10.0 Å². The molecule has 0 saturated carbocycles. The highest BCUT2D eigenvalue weighted by molar-refractivity contribution is 8.00. The number of thioether (sulfide) groups is 1. The van der Waals surface area contributed by atoms with Crippen LogP contribution in [0.3, 0.4) is 0 Å². The van der Waals surface area contributed by atoms with Crippen LogP contribution in [0.1, 0.15) is 5.56 Å². The summed E-state index contributed by atoms with van der Waals surface area (Å²) in [6.45, 7) is 0.538. The van der Waals surface area contributed by atoms with Crippen molar-refractivity contribution in [2.24, 2.45) is 7.05 Å². The lowest BCUT2D eigenvalue weighted by Gasteiger charge is -2.16. The molecule has 4 nitrogen and oxygen atoms in total. The molecule has 0 radical (unpaired) electrons. The SMILES string of the molecule is CN(Cc1cnn(C)c1)C(=O)CSc1cc(Cl)ccc1Cl. The molecule has 0 atom stereocenters. The number of carbonyl (C=O) groups is 1. The van der Waals surface area contributed by atoms with Crippen molar-refractivity contribution < 1.29 is 4.79 Å². The normalized spacial score (nSPS) is 10.7. The van der Waals surface area contributed by atoms with Crippen LogP contribution < -0.4 is 0 Å². The van der Waals surface area contributed by atoms with Crippen molar-refractivity contribution in [1.29, 1.82) is 0 Å². The molecule has 0 aliphatic heterocycles. The molecule has 1 aromatic heterocycles. The van der Waals surface area contributed by atoms with Gasteiger partial charge in [-0.2, -0.15) is 5.10 Å². The third-order valence-electron chi connectivity index (χ3n) is 2.85. The molecular formula is C14H15Cl2N3OS. The van der Waals surface area contributed by atoms with Crippen LogP contribution in [0, 0.1) is 0 Å². The third kappa shape index (κ3) is 4.66. The van der Waals surface area contributed by atoms with Crippen LogP contribution in [0.15, 0.2) is 35.5 Å². The summed E-state index contributed by atoms with van der Waals surface area (Å²) in [4.78, 5) is 14.6. The summed E-state index contributed by atoms with van der Waals surface area (Å²) < 4.78 is 1.72. The number of rotatable bonds is 5. The first-order chi connectivity index (χ1) is 9.95. The first-order valence-electron chi connectivity index (χ1n) is 6.25. The van der Waals surface area contributed by atoms with E-state index in [0.29, 0.717) is 22.3 Å². The fourth-order valence-electron chi connectivity index (χ4n) is 1.75. The first kappa shape index (κ1) is 16.2. The number of benzene rings is 1. The Hall–Kier alpha value is -1.17. The maximum absolute atomic E-state index is 12.1. The van der Waals surface area contributed by atoms with Crippen molar-refractivity contribution in [1.82, 2.24) is 14.7 Å². The number of aromatic nitrogens is 2. The largest absolute Gasteiger partial charge is 0.341 e. The van der Waals surface area contributed by atoms with E-state index < -0.39 is 0 Å². The molecule has 21 heavy (non-hydrogen) atoms. The monoisotopic (exact) mass is 343 g/mol. The molecular weight excluding hydrogens is 329 g/mol. The van der Waals surface area contributed by atoms with Crippen molar-refractivity contribution in [3.8, 4) is 0 Å². The van der Waals surface area contributed by atoms with Crippen molar-refractivity contribution >= 4 is 40.9 Å². The zero-order chi connectivity index (χ0) is 15.4. The van der Waals surface area contributed by atoms with E-state index in [9.17, 15) is 4.79 Å². The Labute approximate surface area is 138 Å². The fourth-order valence-corrected chi connectivity index (χ4v) is 3.19. The van der Waals surface area contributed by atoms with Crippen LogP contribution in [-0.2, 0) is 18.4 Å². The van der Waals surface area contributed by atoms with E-state index in [1.165, 1.54) is 11.8 Å². The Kier molecular flexibility index (Phi) is 5.56. The average molecular weight is 344 g/mol. The van der Waals surface area contributed by atoms with E-state index in [1.807, 2.05) is 13.2 Å². The van der Waals surface area contributed by atoms with E-state index in [-0.39, 0.29) is 5.91 Å². The summed E-state index contributed by atoms with van der Waals surface area (Å²) in [5, 5.41) is 5.30. The number of amides is 1. The average Bonchev–Trinajstić information content (AvgIpc) is 2.84. The smallest absolute Gasteiger partial charge is 0.232 e. The van der Waals surface area contributed by atoms with Gasteiger partial charge in [0.05, 0.1) is 17.0 Å². The number of carbonyl (C=O) groups excluding carboxylic acids is 1. The molecule has 112 valence electrons. The van der Waals surface area contributed by atoms with Crippen LogP contribution in [0.5, 0.6) is 0 Å². The summed E-state index contributed by atoms with van der Waals surface area (Å²) in [7, 11) is 3.62. The number of hydrogen-bond acceptors (Lipinski definition) is 3. The molecule has 0 saturated heterocycles. The van der Waals surface area contributed by atoms with Crippen molar-refractivity contribution in [2.45, 2.75) is 11.4 Å². The summed E-state index contributed by atoms with van der Waals surface area (Å²) in [6, 6.07) is 5.23. The van der Waals surface area contributed by atoms with Gasteiger partial charge in [0.2, 0.25) is 5.91 Å². The van der Waals surface area contributed by atoms with E-state index in [2.05, 4.69) is 5.10 Å². The molecule has 0 bridgehead atoms. The summed E-state index contributed by atoms with van der Waals surface area (Å²) in [6.07, 6.45) is 3.65. The van der Waals surface area contributed by atoms with Crippen LogP contribution in [0.4, 0.5) is 0 Å². The molecule has 7 heteroatoms. The van der Waals surface area contributed by atoms with E-state index >= 15 is 0 Å². The number of aryl methyl sites for hydroxylation is 1. The summed E-state index contributed by atoms with van der Waals surface area (Å²) in [5.74, 6) is 0.344. The molecule has 0 spiro atoms. The predicted octanol–water partition coefficient (Wildman–Crippen LogP) is 3.48. The zero-order valence-electron chi connectivity index (χ0n) is 11.7. The molecule has 0 aliphatic carbocycles. The molecule has 1 heterocycles. The van der Waals surface area contributed by atoms with Gasteiger partial charge in [0.1, 0.15) is 0 Å². The number of nitrogens with zero attached hydrogens (tertiary/aromatic N) is 3. The first-order valence-corrected chi connectivity index (χ1v) is 7.99.